The van der Waals surface area contributed by atoms with Crippen LogP contribution in [-0.4, -0.2) is 25.2 Å². The van der Waals surface area contributed by atoms with Gasteiger partial charge in [0.15, 0.2) is 5.41 Å². The zero-order valence-corrected chi connectivity index (χ0v) is 15.9. The first-order valence-electron chi connectivity index (χ1n) is 9.29. The molecule has 4 nitrogen and oxygen atoms in total. The van der Waals surface area contributed by atoms with Gasteiger partial charge in [-0.25, -0.2) is 0 Å². The quantitative estimate of drug-likeness (QED) is 0.383. The van der Waals surface area contributed by atoms with Crippen LogP contribution in [0.5, 0.6) is 0 Å². The van der Waals surface area contributed by atoms with E-state index in [2.05, 4.69) is 27.7 Å². The summed E-state index contributed by atoms with van der Waals surface area (Å²) in [6.45, 7) is 12.5. The van der Waals surface area contributed by atoms with Crippen LogP contribution in [-0.2, 0) is 19.1 Å². The molecule has 23 heavy (non-hydrogen) atoms. The summed E-state index contributed by atoms with van der Waals surface area (Å²) < 4.78 is 10.6. The minimum absolute atomic E-state index is 0.284. The highest BCUT2D eigenvalue weighted by atomic mass is 16.6. The Morgan fingerprint density at radius 2 is 1.00 bits per heavy atom. The Bertz CT molecular complexity index is 309. The van der Waals surface area contributed by atoms with Crippen LogP contribution in [0, 0.1) is 17.3 Å². The Morgan fingerprint density at radius 3 is 1.22 bits per heavy atom. The van der Waals surface area contributed by atoms with Crippen LogP contribution in [0.3, 0.4) is 0 Å². The lowest BCUT2D eigenvalue weighted by Crippen LogP contribution is -2.45. The highest BCUT2D eigenvalue weighted by Crippen LogP contribution is 2.40. The summed E-state index contributed by atoms with van der Waals surface area (Å²) in [5, 5.41) is 0. The van der Waals surface area contributed by atoms with Crippen molar-refractivity contribution in [3.63, 3.8) is 0 Å². The molecule has 0 rings (SSSR count). The highest BCUT2D eigenvalue weighted by Gasteiger charge is 2.50. The first kappa shape index (κ1) is 21.9. The molecule has 4 heteroatoms. The molecule has 0 saturated heterocycles. The minimum atomic E-state index is -1.15. The van der Waals surface area contributed by atoms with E-state index in [1.165, 1.54) is 0 Å². The van der Waals surface area contributed by atoms with Gasteiger partial charge in [-0.2, -0.15) is 0 Å². The van der Waals surface area contributed by atoms with Crippen LogP contribution in [0.1, 0.15) is 80.1 Å². The first-order chi connectivity index (χ1) is 10.9. The molecule has 0 fully saturated rings. The molecule has 0 saturated carbocycles. The van der Waals surface area contributed by atoms with Gasteiger partial charge in [-0.15, -0.1) is 0 Å². The zero-order chi connectivity index (χ0) is 17.9. The molecule has 0 radical (unpaired) electrons. The van der Waals surface area contributed by atoms with Crippen molar-refractivity contribution >= 4 is 11.9 Å². The third-order valence-corrected chi connectivity index (χ3v) is 4.92. The van der Waals surface area contributed by atoms with Crippen molar-refractivity contribution in [2.45, 2.75) is 80.1 Å². The number of carbonyl (C=O) groups excluding carboxylic acids is 2. The smallest absolute Gasteiger partial charge is 0.323 e. The normalized spacial score (nSPS) is 11.8. The molecular weight excluding hydrogens is 292 g/mol. The molecule has 0 heterocycles. The number of hydrogen-bond donors (Lipinski definition) is 0. The fourth-order valence-electron chi connectivity index (χ4n) is 3.18. The molecule has 0 aromatic heterocycles. The SMILES string of the molecule is CCOC(=O)C(CC(CC)CC)(CC(CC)CC)C(=O)OCC. The third-order valence-electron chi connectivity index (χ3n) is 4.92. The van der Waals surface area contributed by atoms with E-state index in [1.54, 1.807) is 13.8 Å². The number of carbonyl (C=O) groups is 2. The summed E-state index contributed by atoms with van der Waals surface area (Å²) in [5.74, 6) is -0.175. The molecule has 0 aliphatic carbocycles. The zero-order valence-electron chi connectivity index (χ0n) is 15.9. The summed E-state index contributed by atoms with van der Waals surface area (Å²) in [4.78, 5) is 25.6. The van der Waals surface area contributed by atoms with Gasteiger partial charge >= 0.3 is 11.9 Å². The second-order valence-corrected chi connectivity index (χ2v) is 6.30. The van der Waals surface area contributed by atoms with Crippen LogP contribution < -0.4 is 0 Å². The fourth-order valence-corrected chi connectivity index (χ4v) is 3.18. The Morgan fingerprint density at radius 1 is 0.696 bits per heavy atom. The van der Waals surface area contributed by atoms with E-state index in [0.29, 0.717) is 24.7 Å². The van der Waals surface area contributed by atoms with Crippen molar-refractivity contribution in [2.24, 2.45) is 17.3 Å². The van der Waals surface area contributed by atoms with Gasteiger partial charge in [0.25, 0.3) is 0 Å². The summed E-state index contributed by atoms with van der Waals surface area (Å²) in [6, 6.07) is 0. The lowest BCUT2D eigenvalue weighted by atomic mass is 9.71. The average molecular weight is 328 g/mol. The fraction of sp³-hybridized carbons (Fsp3) is 0.895. The monoisotopic (exact) mass is 328 g/mol. The first-order valence-corrected chi connectivity index (χ1v) is 9.29. The van der Waals surface area contributed by atoms with E-state index >= 15 is 0 Å². The largest absolute Gasteiger partial charge is 0.465 e. The Hall–Kier alpha value is -1.06. The average Bonchev–Trinajstić information content (AvgIpc) is 2.56. The van der Waals surface area contributed by atoms with Crippen LogP contribution in [0.25, 0.3) is 0 Å². The molecule has 0 aromatic rings. The van der Waals surface area contributed by atoms with Crippen LogP contribution in [0.2, 0.25) is 0 Å². The van der Waals surface area contributed by atoms with Gasteiger partial charge in [0.1, 0.15) is 0 Å². The lowest BCUT2D eigenvalue weighted by Gasteiger charge is -2.34. The van der Waals surface area contributed by atoms with E-state index < -0.39 is 17.4 Å². The lowest BCUT2D eigenvalue weighted by molar-refractivity contribution is -0.175. The van der Waals surface area contributed by atoms with Crippen molar-refractivity contribution < 1.29 is 19.1 Å². The molecule has 0 spiro atoms. The maximum Gasteiger partial charge on any atom is 0.323 e. The van der Waals surface area contributed by atoms with Crippen molar-refractivity contribution in [2.75, 3.05) is 13.2 Å². The maximum absolute atomic E-state index is 12.8. The van der Waals surface area contributed by atoms with Crippen LogP contribution >= 0.6 is 0 Å². The minimum Gasteiger partial charge on any atom is -0.465 e. The Kier molecular flexibility index (Phi) is 10.9. The highest BCUT2D eigenvalue weighted by molar-refractivity contribution is 6.00. The van der Waals surface area contributed by atoms with Gasteiger partial charge in [0.05, 0.1) is 13.2 Å². The topological polar surface area (TPSA) is 52.6 Å². The molecule has 0 N–H and O–H groups in total. The Balaban J connectivity index is 5.76. The van der Waals surface area contributed by atoms with E-state index in [4.69, 9.17) is 9.47 Å². The van der Waals surface area contributed by atoms with Crippen molar-refractivity contribution in [1.82, 2.24) is 0 Å². The van der Waals surface area contributed by atoms with Crippen molar-refractivity contribution in [3.05, 3.63) is 0 Å². The van der Waals surface area contributed by atoms with E-state index in [0.717, 1.165) is 25.7 Å². The molecule has 0 aliphatic rings. The molecule has 0 bridgehead atoms. The van der Waals surface area contributed by atoms with Gasteiger partial charge in [0, 0.05) is 0 Å². The second kappa shape index (κ2) is 11.5. The van der Waals surface area contributed by atoms with Gasteiger partial charge in [-0.1, -0.05) is 53.4 Å². The maximum atomic E-state index is 12.8. The molecule has 0 atom stereocenters. The molecule has 0 aliphatic heterocycles. The van der Waals surface area contributed by atoms with Gasteiger partial charge in [-0.3, -0.25) is 9.59 Å². The van der Waals surface area contributed by atoms with E-state index in [1.807, 2.05) is 0 Å². The van der Waals surface area contributed by atoms with Gasteiger partial charge < -0.3 is 9.47 Å². The third kappa shape index (κ3) is 6.15. The predicted molar refractivity (Wildman–Crippen MR) is 93.1 cm³/mol. The summed E-state index contributed by atoms with van der Waals surface area (Å²) in [7, 11) is 0. The summed E-state index contributed by atoms with van der Waals surface area (Å²) in [5.41, 5.74) is -1.15. The van der Waals surface area contributed by atoms with Gasteiger partial charge in [-0.05, 0) is 38.5 Å². The molecule has 0 amide bonds. The van der Waals surface area contributed by atoms with E-state index in [-0.39, 0.29) is 13.2 Å². The molecule has 136 valence electrons. The van der Waals surface area contributed by atoms with Crippen molar-refractivity contribution in [3.8, 4) is 0 Å². The standard InChI is InChI=1S/C19H36O4/c1-7-15(8-2)13-19(17(20)22-11-5,18(21)23-12-6)14-16(9-3)10-4/h15-16H,7-14H2,1-6H3. The predicted octanol–water partition coefficient (Wildman–Crippen LogP) is 4.75. The van der Waals surface area contributed by atoms with Crippen LogP contribution in [0.15, 0.2) is 0 Å². The van der Waals surface area contributed by atoms with E-state index in [9.17, 15) is 9.59 Å². The summed E-state index contributed by atoms with van der Waals surface area (Å²) in [6.07, 6.45) is 4.82. The second-order valence-electron chi connectivity index (χ2n) is 6.30. The van der Waals surface area contributed by atoms with Crippen molar-refractivity contribution in [1.29, 1.82) is 0 Å². The number of ether oxygens (including phenoxy) is 2. The number of rotatable bonds is 12. The molecule has 0 aromatic carbocycles. The number of hydrogen-bond acceptors (Lipinski definition) is 4. The Labute approximate surface area is 142 Å². The molecule has 0 unspecified atom stereocenters. The summed E-state index contributed by atoms with van der Waals surface area (Å²) >= 11 is 0. The molecular formula is C19H36O4. The number of esters is 2. The van der Waals surface area contributed by atoms with Gasteiger partial charge in [0.2, 0.25) is 0 Å². The van der Waals surface area contributed by atoms with Crippen LogP contribution in [0.4, 0.5) is 0 Å².